The second-order valence-corrected chi connectivity index (χ2v) is 6.62. The second kappa shape index (κ2) is 5.92. The van der Waals surface area contributed by atoms with Crippen LogP contribution in [0.15, 0.2) is 29.2 Å². The highest BCUT2D eigenvalue weighted by atomic mass is 32.2. The monoisotopic (exact) mass is 250 g/mol. The molecule has 1 aliphatic rings. The van der Waals surface area contributed by atoms with Crippen LogP contribution in [0.5, 0.6) is 0 Å². The van der Waals surface area contributed by atoms with Crippen LogP contribution in [0.4, 0.5) is 0 Å². The van der Waals surface area contributed by atoms with E-state index in [-0.39, 0.29) is 6.10 Å². The van der Waals surface area contributed by atoms with Crippen LogP contribution in [-0.2, 0) is 0 Å². The van der Waals surface area contributed by atoms with Gasteiger partial charge in [0.25, 0.3) is 0 Å². The molecule has 0 spiro atoms. The molecule has 0 aromatic heterocycles. The normalized spacial score (nSPS) is 26.8. The number of aliphatic hydroxyl groups excluding tert-OH is 1. The zero-order chi connectivity index (χ0) is 12.3. The molecule has 1 unspecified atom stereocenters. The molecule has 1 saturated carbocycles. The summed E-state index contributed by atoms with van der Waals surface area (Å²) in [5, 5.41) is 10.3. The minimum atomic E-state index is -0.357. The average molecular weight is 250 g/mol. The van der Waals surface area contributed by atoms with Crippen LogP contribution in [0.1, 0.15) is 51.2 Å². The Morgan fingerprint density at radius 1 is 1.12 bits per heavy atom. The van der Waals surface area contributed by atoms with Crippen LogP contribution in [0.3, 0.4) is 0 Å². The van der Waals surface area contributed by atoms with Crippen molar-refractivity contribution in [2.24, 2.45) is 5.92 Å². The van der Waals surface area contributed by atoms with Crippen molar-refractivity contribution >= 4 is 11.8 Å². The molecule has 1 fully saturated rings. The highest BCUT2D eigenvalue weighted by Gasteiger charge is 2.18. The highest BCUT2D eigenvalue weighted by molar-refractivity contribution is 8.00. The third-order valence-electron chi connectivity index (χ3n) is 3.63. The molecule has 1 aliphatic carbocycles. The molecule has 2 heteroatoms. The van der Waals surface area contributed by atoms with Gasteiger partial charge in [0.1, 0.15) is 0 Å². The molecule has 1 aromatic carbocycles. The lowest BCUT2D eigenvalue weighted by Crippen LogP contribution is -2.13. The summed E-state index contributed by atoms with van der Waals surface area (Å²) < 4.78 is 0. The van der Waals surface area contributed by atoms with Gasteiger partial charge in [-0.3, -0.25) is 0 Å². The van der Waals surface area contributed by atoms with Gasteiger partial charge in [-0.15, -0.1) is 11.8 Å². The standard InChI is InChI=1S/C15H22OS/c1-11-3-7-14(8-4-11)17-15-9-5-13(6-10-15)12(2)16/h5-6,9-12,14,16H,3-4,7-8H2,1-2H3. The van der Waals surface area contributed by atoms with E-state index in [0.29, 0.717) is 0 Å². The third kappa shape index (κ3) is 3.75. The molecule has 0 amide bonds. The quantitative estimate of drug-likeness (QED) is 0.857. The van der Waals surface area contributed by atoms with E-state index in [9.17, 15) is 5.11 Å². The summed E-state index contributed by atoms with van der Waals surface area (Å²) >= 11 is 2.01. The predicted octanol–water partition coefficient (Wildman–Crippen LogP) is 4.41. The van der Waals surface area contributed by atoms with Gasteiger partial charge in [0, 0.05) is 10.1 Å². The lowest BCUT2D eigenvalue weighted by Gasteiger charge is -2.25. The SMILES string of the molecule is CC1CCC(Sc2ccc(C(C)O)cc2)CC1. The number of aliphatic hydroxyl groups is 1. The van der Waals surface area contributed by atoms with Crippen molar-refractivity contribution < 1.29 is 5.11 Å². The molecule has 94 valence electrons. The topological polar surface area (TPSA) is 20.2 Å². The van der Waals surface area contributed by atoms with Crippen LogP contribution >= 0.6 is 11.8 Å². The number of thioether (sulfide) groups is 1. The molecule has 17 heavy (non-hydrogen) atoms. The van der Waals surface area contributed by atoms with Crippen LogP contribution in [0.25, 0.3) is 0 Å². The Bertz CT molecular complexity index is 336. The van der Waals surface area contributed by atoms with E-state index in [1.54, 1.807) is 0 Å². The second-order valence-electron chi connectivity index (χ2n) is 5.24. The van der Waals surface area contributed by atoms with Gasteiger partial charge in [-0.2, -0.15) is 0 Å². The maximum absolute atomic E-state index is 9.46. The summed E-state index contributed by atoms with van der Waals surface area (Å²) in [6.07, 6.45) is 5.10. The van der Waals surface area contributed by atoms with Gasteiger partial charge >= 0.3 is 0 Å². The summed E-state index contributed by atoms with van der Waals surface area (Å²) in [6.45, 7) is 4.17. The number of hydrogen-bond acceptors (Lipinski definition) is 2. The van der Waals surface area contributed by atoms with Gasteiger partial charge in [0.05, 0.1) is 6.10 Å². The van der Waals surface area contributed by atoms with Crippen LogP contribution < -0.4 is 0 Å². The van der Waals surface area contributed by atoms with Crippen molar-refractivity contribution in [3.63, 3.8) is 0 Å². The molecule has 0 aliphatic heterocycles. The zero-order valence-electron chi connectivity index (χ0n) is 10.7. The van der Waals surface area contributed by atoms with Crippen LogP contribution in [-0.4, -0.2) is 10.4 Å². The average Bonchev–Trinajstić information content (AvgIpc) is 2.33. The van der Waals surface area contributed by atoms with Crippen molar-refractivity contribution in [2.75, 3.05) is 0 Å². The Kier molecular flexibility index (Phi) is 4.52. The Morgan fingerprint density at radius 2 is 1.71 bits per heavy atom. The van der Waals surface area contributed by atoms with E-state index in [1.807, 2.05) is 30.8 Å². The minimum Gasteiger partial charge on any atom is -0.389 e. The summed E-state index contributed by atoms with van der Waals surface area (Å²) in [5.74, 6) is 0.921. The molecular weight excluding hydrogens is 228 g/mol. The molecular formula is C15H22OS. The zero-order valence-corrected chi connectivity index (χ0v) is 11.5. The first-order chi connectivity index (χ1) is 8.15. The van der Waals surface area contributed by atoms with Gasteiger partial charge in [-0.1, -0.05) is 19.1 Å². The van der Waals surface area contributed by atoms with Crippen molar-refractivity contribution in [2.45, 2.75) is 55.8 Å². The summed E-state index contributed by atoms with van der Waals surface area (Å²) in [6, 6.07) is 8.37. The van der Waals surface area contributed by atoms with Gasteiger partial charge in [0.15, 0.2) is 0 Å². The molecule has 1 aromatic rings. The summed E-state index contributed by atoms with van der Waals surface area (Å²) in [7, 11) is 0. The van der Waals surface area contributed by atoms with E-state index in [4.69, 9.17) is 0 Å². The maximum atomic E-state index is 9.46. The Hall–Kier alpha value is -0.470. The van der Waals surface area contributed by atoms with E-state index in [2.05, 4.69) is 19.1 Å². The van der Waals surface area contributed by atoms with E-state index in [1.165, 1.54) is 30.6 Å². The molecule has 0 radical (unpaired) electrons. The molecule has 0 heterocycles. The summed E-state index contributed by atoms with van der Waals surface area (Å²) in [5.41, 5.74) is 1.01. The molecule has 1 N–H and O–H groups in total. The van der Waals surface area contributed by atoms with Crippen molar-refractivity contribution in [3.8, 4) is 0 Å². The van der Waals surface area contributed by atoms with Gasteiger partial charge in [-0.05, 0) is 56.2 Å². The fourth-order valence-electron chi connectivity index (χ4n) is 2.36. The number of hydrogen-bond donors (Lipinski definition) is 1. The third-order valence-corrected chi connectivity index (χ3v) is 4.98. The first-order valence-corrected chi connectivity index (χ1v) is 7.48. The van der Waals surface area contributed by atoms with Gasteiger partial charge in [0.2, 0.25) is 0 Å². The molecule has 1 nitrogen and oxygen atoms in total. The fourth-order valence-corrected chi connectivity index (χ4v) is 3.55. The Balaban J connectivity index is 1.90. The number of benzene rings is 1. The summed E-state index contributed by atoms with van der Waals surface area (Å²) in [4.78, 5) is 1.34. The Labute approximate surface area is 109 Å². The van der Waals surface area contributed by atoms with E-state index >= 15 is 0 Å². The lowest BCUT2D eigenvalue weighted by molar-refractivity contribution is 0.199. The molecule has 0 bridgehead atoms. The maximum Gasteiger partial charge on any atom is 0.0761 e. The first kappa shape index (κ1) is 13.0. The lowest BCUT2D eigenvalue weighted by atomic mass is 9.91. The van der Waals surface area contributed by atoms with E-state index < -0.39 is 0 Å². The number of rotatable bonds is 3. The minimum absolute atomic E-state index is 0.357. The highest BCUT2D eigenvalue weighted by Crippen LogP contribution is 2.35. The van der Waals surface area contributed by atoms with Crippen molar-refractivity contribution in [1.82, 2.24) is 0 Å². The van der Waals surface area contributed by atoms with Crippen LogP contribution in [0.2, 0.25) is 0 Å². The molecule has 0 saturated heterocycles. The first-order valence-electron chi connectivity index (χ1n) is 6.60. The molecule has 2 rings (SSSR count). The smallest absolute Gasteiger partial charge is 0.0761 e. The van der Waals surface area contributed by atoms with E-state index in [0.717, 1.165) is 16.7 Å². The van der Waals surface area contributed by atoms with Crippen molar-refractivity contribution in [1.29, 1.82) is 0 Å². The van der Waals surface area contributed by atoms with Crippen LogP contribution in [0, 0.1) is 5.92 Å². The fraction of sp³-hybridized carbons (Fsp3) is 0.600. The van der Waals surface area contributed by atoms with Gasteiger partial charge in [-0.25, -0.2) is 0 Å². The largest absolute Gasteiger partial charge is 0.389 e. The van der Waals surface area contributed by atoms with Gasteiger partial charge < -0.3 is 5.11 Å². The molecule has 1 atom stereocenters. The predicted molar refractivity (Wildman–Crippen MR) is 74.4 cm³/mol. The van der Waals surface area contributed by atoms with Crippen molar-refractivity contribution in [3.05, 3.63) is 29.8 Å². The Morgan fingerprint density at radius 3 is 2.24 bits per heavy atom.